The third kappa shape index (κ3) is 3.20. The second-order valence-electron chi connectivity index (χ2n) is 3.98. The third-order valence-corrected chi connectivity index (χ3v) is 5.61. The minimum absolute atomic E-state index is 0.159. The number of hydrogen-bond acceptors (Lipinski definition) is 4. The molecule has 0 fully saturated rings. The summed E-state index contributed by atoms with van der Waals surface area (Å²) in [7, 11) is -3.58. The summed E-state index contributed by atoms with van der Waals surface area (Å²) in [5, 5.41) is 8.72. The molecular weight excluding hydrogens is 280 g/mol. The van der Waals surface area contributed by atoms with Crippen molar-refractivity contribution in [3.8, 4) is 6.07 Å². The van der Waals surface area contributed by atoms with E-state index in [9.17, 15) is 8.42 Å². The normalized spacial score (nSPS) is 12.8. The smallest absolute Gasteiger partial charge is 0.206 e. The van der Waals surface area contributed by atoms with Gasteiger partial charge in [0, 0.05) is 6.04 Å². The van der Waals surface area contributed by atoms with Gasteiger partial charge in [0.2, 0.25) is 0 Å². The Morgan fingerprint density at radius 2 is 1.89 bits per heavy atom. The summed E-state index contributed by atoms with van der Waals surface area (Å²) < 4.78 is 27.0. The Kier molecular flexibility index (Phi) is 4.00. The molecule has 0 saturated heterocycles. The lowest BCUT2D eigenvalue weighted by molar-refractivity contribution is 0.569. The fraction of sp³-hybridized carbons (Fsp3) is 0.154. The summed E-state index contributed by atoms with van der Waals surface area (Å²) in [5.41, 5.74) is 0.892. The summed E-state index contributed by atoms with van der Waals surface area (Å²) in [6.07, 6.45) is 0. The van der Waals surface area contributed by atoms with Gasteiger partial charge in [-0.2, -0.15) is 5.26 Å². The molecule has 1 heterocycles. The maximum atomic E-state index is 12.1. The zero-order valence-electron chi connectivity index (χ0n) is 10.2. The molecule has 2 rings (SSSR count). The Hall–Kier alpha value is -1.68. The van der Waals surface area contributed by atoms with E-state index in [1.165, 1.54) is 12.1 Å². The van der Waals surface area contributed by atoms with Crippen molar-refractivity contribution in [1.82, 2.24) is 4.72 Å². The molecule has 1 N–H and O–H groups in total. The van der Waals surface area contributed by atoms with Gasteiger partial charge in [-0.15, -0.1) is 11.3 Å². The molecule has 0 aliphatic rings. The van der Waals surface area contributed by atoms with Crippen LogP contribution < -0.4 is 4.72 Å². The van der Waals surface area contributed by atoms with Gasteiger partial charge in [-0.3, -0.25) is 0 Å². The lowest BCUT2D eigenvalue weighted by atomic mass is 10.1. The zero-order chi connectivity index (χ0) is 13.9. The molecule has 0 saturated carbocycles. The molecule has 2 aromatic rings. The van der Waals surface area contributed by atoms with Crippen LogP contribution in [0.1, 0.15) is 23.4 Å². The molecule has 6 heteroatoms. The largest absolute Gasteiger partial charge is 0.250 e. The molecule has 98 valence electrons. The molecule has 0 amide bonds. The lowest BCUT2D eigenvalue weighted by Crippen LogP contribution is -2.26. The summed E-state index contributed by atoms with van der Waals surface area (Å²) in [6.45, 7) is 1.78. The minimum atomic E-state index is -3.58. The van der Waals surface area contributed by atoms with Crippen LogP contribution >= 0.6 is 11.3 Å². The molecule has 19 heavy (non-hydrogen) atoms. The zero-order valence-corrected chi connectivity index (χ0v) is 11.8. The van der Waals surface area contributed by atoms with Gasteiger partial charge in [0.15, 0.2) is 0 Å². The lowest BCUT2D eigenvalue weighted by Gasteiger charge is -2.13. The Morgan fingerprint density at radius 3 is 2.47 bits per heavy atom. The van der Waals surface area contributed by atoms with Crippen molar-refractivity contribution in [3.05, 3.63) is 52.9 Å². The highest BCUT2D eigenvalue weighted by molar-refractivity contribution is 7.91. The predicted octanol–water partition coefficient (Wildman–Crippen LogP) is 2.66. The van der Waals surface area contributed by atoms with Gasteiger partial charge in [-0.05, 0) is 24.6 Å². The van der Waals surface area contributed by atoms with Gasteiger partial charge in [-0.1, -0.05) is 30.3 Å². The fourth-order valence-electron chi connectivity index (χ4n) is 1.63. The van der Waals surface area contributed by atoms with Crippen molar-refractivity contribution in [1.29, 1.82) is 5.26 Å². The number of sulfonamides is 1. The highest BCUT2D eigenvalue weighted by atomic mass is 32.2. The van der Waals surface area contributed by atoms with Gasteiger partial charge >= 0.3 is 0 Å². The average Bonchev–Trinajstić information content (AvgIpc) is 2.89. The van der Waals surface area contributed by atoms with Crippen LogP contribution in [0.5, 0.6) is 0 Å². The standard InChI is InChI=1S/C13H12N2O2S2/c1-10(11-5-3-2-4-6-11)15-19(16,17)13-8-7-12(9-14)18-13/h2-8,10,15H,1H3/t10-/m1/s1. The molecule has 1 aromatic carbocycles. The number of hydrogen-bond donors (Lipinski definition) is 1. The first-order valence-electron chi connectivity index (χ1n) is 5.60. The van der Waals surface area contributed by atoms with E-state index >= 15 is 0 Å². The molecule has 0 radical (unpaired) electrons. The molecule has 0 bridgehead atoms. The van der Waals surface area contributed by atoms with Crippen molar-refractivity contribution >= 4 is 21.4 Å². The van der Waals surface area contributed by atoms with Crippen molar-refractivity contribution < 1.29 is 8.42 Å². The van der Waals surface area contributed by atoms with Crippen molar-refractivity contribution in [2.24, 2.45) is 0 Å². The van der Waals surface area contributed by atoms with Crippen LogP contribution in [0.3, 0.4) is 0 Å². The molecule has 4 nitrogen and oxygen atoms in total. The van der Waals surface area contributed by atoms with Crippen LogP contribution in [0.4, 0.5) is 0 Å². The second-order valence-corrected chi connectivity index (χ2v) is 7.01. The van der Waals surface area contributed by atoms with E-state index in [-0.39, 0.29) is 10.3 Å². The molecule has 0 unspecified atom stereocenters. The SMILES string of the molecule is C[C@@H](NS(=O)(=O)c1ccc(C#N)s1)c1ccccc1. The van der Waals surface area contributed by atoms with Crippen LogP contribution in [0.25, 0.3) is 0 Å². The quantitative estimate of drug-likeness (QED) is 0.941. The third-order valence-electron chi connectivity index (χ3n) is 2.59. The van der Waals surface area contributed by atoms with Crippen molar-refractivity contribution in [3.63, 3.8) is 0 Å². The molecule has 0 spiro atoms. The van der Waals surface area contributed by atoms with Gasteiger partial charge in [0.05, 0.1) is 0 Å². The van der Waals surface area contributed by atoms with Crippen LogP contribution in [0, 0.1) is 11.3 Å². The monoisotopic (exact) mass is 292 g/mol. The van der Waals surface area contributed by atoms with Crippen LogP contribution in [-0.4, -0.2) is 8.42 Å². The molecule has 0 aliphatic carbocycles. The van der Waals surface area contributed by atoms with E-state index in [0.29, 0.717) is 4.88 Å². The minimum Gasteiger partial charge on any atom is -0.206 e. The highest BCUT2D eigenvalue weighted by Crippen LogP contribution is 2.23. The molecule has 1 aromatic heterocycles. The van der Waals surface area contributed by atoms with Gasteiger partial charge in [-0.25, -0.2) is 13.1 Å². The Bertz CT molecular complexity index is 700. The second kappa shape index (κ2) is 5.53. The topological polar surface area (TPSA) is 70.0 Å². The summed E-state index contributed by atoms with van der Waals surface area (Å²) >= 11 is 0.965. The fourth-order valence-corrected chi connectivity index (χ4v) is 3.98. The van der Waals surface area contributed by atoms with Crippen LogP contribution in [0.15, 0.2) is 46.7 Å². The summed E-state index contributed by atoms with van der Waals surface area (Å²) in [6, 6.07) is 13.9. The van der Waals surface area contributed by atoms with E-state index in [1.807, 2.05) is 36.4 Å². The first kappa shape index (κ1) is 13.7. The number of benzene rings is 1. The summed E-state index contributed by atoms with van der Waals surface area (Å²) in [4.78, 5) is 0.382. The van der Waals surface area contributed by atoms with E-state index in [4.69, 9.17) is 5.26 Å². The van der Waals surface area contributed by atoms with E-state index in [1.54, 1.807) is 6.92 Å². The number of nitrogens with one attached hydrogen (secondary N) is 1. The predicted molar refractivity (Wildman–Crippen MR) is 74.2 cm³/mol. The van der Waals surface area contributed by atoms with Gasteiger partial charge < -0.3 is 0 Å². The van der Waals surface area contributed by atoms with Crippen molar-refractivity contribution in [2.45, 2.75) is 17.2 Å². The maximum absolute atomic E-state index is 12.1. The first-order valence-corrected chi connectivity index (χ1v) is 7.90. The highest BCUT2D eigenvalue weighted by Gasteiger charge is 2.20. The van der Waals surface area contributed by atoms with Gasteiger partial charge in [0.25, 0.3) is 10.0 Å². The number of rotatable bonds is 4. The Labute approximate surface area is 116 Å². The number of thiophene rings is 1. The van der Waals surface area contributed by atoms with E-state index in [0.717, 1.165) is 16.9 Å². The molecular formula is C13H12N2O2S2. The van der Waals surface area contributed by atoms with Crippen LogP contribution in [0.2, 0.25) is 0 Å². The Balaban J connectivity index is 2.20. The maximum Gasteiger partial charge on any atom is 0.250 e. The number of nitrogens with zero attached hydrogens (tertiary/aromatic N) is 1. The number of nitriles is 1. The van der Waals surface area contributed by atoms with Gasteiger partial charge in [0.1, 0.15) is 15.2 Å². The average molecular weight is 292 g/mol. The van der Waals surface area contributed by atoms with Crippen molar-refractivity contribution in [2.75, 3.05) is 0 Å². The van der Waals surface area contributed by atoms with E-state index in [2.05, 4.69) is 4.72 Å². The summed E-state index contributed by atoms with van der Waals surface area (Å²) in [5.74, 6) is 0. The molecule has 0 aliphatic heterocycles. The first-order chi connectivity index (χ1) is 9.03. The van der Waals surface area contributed by atoms with E-state index < -0.39 is 10.0 Å². The Morgan fingerprint density at radius 1 is 1.21 bits per heavy atom. The molecule has 1 atom stereocenters. The van der Waals surface area contributed by atoms with Crippen LogP contribution in [-0.2, 0) is 10.0 Å².